The van der Waals surface area contributed by atoms with Crippen LogP contribution in [0.25, 0.3) is 0 Å². The van der Waals surface area contributed by atoms with Gasteiger partial charge in [-0.1, -0.05) is 107 Å². The van der Waals surface area contributed by atoms with Crippen molar-refractivity contribution in [2.45, 2.75) is 102 Å². The quantitative estimate of drug-likeness (QED) is 0.337. The molecule has 0 N–H and O–H groups in total. The molecule has 1 heteroatoms. The highest BCUT2D eigenvalue weighted by atomic mass is 15.2. The molecule has 0 amide bonds. The van der Waals surface area contributed by atoms with Crippen LogP contribution in [0.5, 0.6) is 0 Å². The van der Waals surface area contributed by atoms with Gasteiger partial charge in [0.15, 0.2) is 0 Å². The zero-order valence-electron chi connectivity index (χ0n) is 22.8. The van der Waals surface area contributed by atoms with E-state index in [9.17, 15) is 0 Å². The molecule has 1 nitrogen and oxygen atoms in total. The molecule has 2 saturated carbocycles. The number of para-hydroxylation sites is 2. The lowest BCUT2D eigenvalue weighted by Gasteiger charge is -2.50. The summed E-state index contributed by atoms with van der Waals surface area (Å²) in [5, 5.41) is 0. The van der Waals surface area contributed by atoms with Crippen LogP contribution >= 0.6 is 0 Å². The summed E-state index contributed by atoms with van der Waals surface area (Å²) in [7, 11) is 0. The van der Waals surface area contributed by atoms with Gasteiger partial charge in [-0.25, -0.2) is 0 Å². The van der Waals surface area contributed by atoms with Gasteiger partial charge in [0.25, 0.3) is 0 Å². The predicted octanol–water partition coefficient (Wildman–Crippen LogP) is 9.51. The van der Waals surface area contributed by atoms with Crippen LogP contribution in [0.1, 0.15) is 95.8 Å². The molecule has 4 atom stereocenters. The van der Waals surface area contributed by atoms with Gasteiger partial charge >= 0.3 is 0 Å². The maximum absolute atomic E-state index is 2.61. The van der Waals surface area contributed by atoms with Crippen LogP contribution < -0.4 is 4.90 Å². The van der Waals surface area contributed by atoms with Crippen molar-refractivity contribution >= 4 is 11.4 Å². The van der Waals surface area contributed by atoms with Gasteiger partial charge in [0.1, 0.15) is 0 Å². The molecule has 1 aliphatic heterocycles. The summed E-state index contributed by atoms with van der Waals surface area (Å²) >= 11 is 0. The van der Waals surface area contributed by atoms with Crippen molar-refractivity contribution in [3.63, 3.8) is 0 Å². The molecule has 0 spiro atoms. The summed E-state index contributed by atoms with van der Waals surface area (Å²) in [5.74, 6) is 0. The lowest BCUT2D eigenvalue weighted by molar-refractivity contribution is 0.110. The Morgan fingerprint density at radius 3 is 1.92 bits per heavy atom. The molecular weight excluding hydrogens is 434 g/mol. The van der Waals surface area contributed by atoms with Crippen molar-refractivity contribution < 1.29 is 0 Å². The van der Waals surface area contributed by atoms with Crippen LogP contribution in [0.15, 0.2) is 78.9 Å². The van der Waals surface area contributed by atoms with Gasteiger partial charge in [-0.2, -0.15) is 0 Å². The van der Waals surface area contributed by atoms with Gasteiger partial charge in [0, 0.05) is 16.8 Å². The maximum Gasteiger partial charge on any atom is 0.0517 e. The van der Waals surface area contributed by atoms with Gasteiger partial charge in [0.05, 0.1) is 5.54 Å². The fourth-order valence-electron chi connectivity index (χ4n) is 8.63. The summed E-state index contributed by atoms with van der Waals surface area (Å²) < 4.78 is 0. The highest BCUT2D eigenvalue weighted by molar-refractivity contribution is 5.76. The SMILES string of the molecule is CC12CCCCC1(C)N(c1ccccc1)c1ccccc12.CC12CCCCC1(C)c1ccccc1C2. The maximum atomic E-state index is 2.61. The Kier molecular flexibility index (Phi) is 5.63. The minimum absolute atomic E-state index is 0.191. The topological polar surface area (TPSA) is 3.24 Å². The Hall–Kier alpha value is -2.54. The van der Waals surface area contributed by atoms with Crippen molar-refractivity contribution in [1.29, 1.82) is 0 Å². The van der Waals surface area contributed by atoms with E-state index < -0.39 is 0 Å². The number of anilines is 2. The lowest BCUT2D eigenvalue weighted by atomic mass is 9.58. The van der Waals surface area contributed by atoms with E-state index in [0.717, 1.165) is 0 Å². The summed E-state index contributed by atoms with van der Waals surface area (Å²) in [6.07, 6.45) is 12.2. The third kappa shape index (κ3) is 3.27. The first kappa shape index (κ1) is 23.8. The molecule has 36 heavy (non-hydrogen) atoms. The molecule has 3 aromatic carbocycles. The average molecular weight is 478 g/mol. The van der Waals surface area contributed by atoms with Crippen LogP contribution in [0.4, 0.5) is 11.4 Å². The summed E-state index contributed by atoms with van der Waals surface area (Å²) in [6, 6.07) is 29.1. The highest BCUT2D eigenvalue weighted by Crippen LogP contribution is 2.61. The zero-order chi connectivity index (χ0) is 25.0. The van der Waals surface area contributed by atoms with Gasteiger partial charge in [-0.15, -0.1) is 0 Å². The molecule has 2 fully saturated rings. The fraction of sp³-hybridized carbons (Fsp3) is 0.486. The number of nitrogens with zero attached hydrogens (tertiary/aromatic N) is 1. The molecule has 1 heterocycles. The first-order chi connectivity index (χ1) is 17.3. The second kappa shape index (κ2) is 8.51. The van der Waals surface area contributed by atoms with Crippen molar-refractivity contribution in [2.75, 3.05) is 4.90 Å². The molecule has 0 radical (unpaired) electrons. The predicted molar refractivity (Wildman–Crippen MR) is 153 cm³/mol. The average Bonchev–Trinajstić information content (AvgIpc) is 3.26. The monoisotopic (exact) mass is 477 g/mol. The number of fused-ring (bicyclic) bond motifs is 6. The minimum Gasteiger partial charge on any atom is -0.334 e. The standard InChI is InChI=1S/C20H23N.C15H20/c1-19-14-8-9-15-20(19,2)21(16-10-4-3-5-11-16)18-13-7-6-12-17(18)19;1-14-9-5-6-10-15(14,2)13-8-4-3-7-12(13)11-14/h3-7,10-13H,8-9,14-15H2,1-2H3;3-4,7-8H,5-6,9-11H2,1-2H3. The highest BCUT2D eigenvalue weighted by Gasteiger charge is 2.57. The Labute approximate surface area is 218 Å². The Balaban J connectivity index is 0.000000141. The molecule has 0 bridgehead atoms. The first-order valence-electron chi connectivity index (χ1n) is 14.4. The van der Waals surface area contributed by atoms with E-state index in [0.29, 0.717) is 10.8 Å². The van der Waals surface area contributed by atoms with E-state index >= 15 is 0 Å². The second-order valence-corrected chi connectivity index (χ2v) is 12.9. The van der Waals surface area contributed by atoms with Crippen LogP contribution in [0.3, 0.4) is 0 Å². The largest absolute Gasteiger partial charge is 0.334 e. The van der Waals surface area contributed by atoms with Gasteiger partial charge in [0.2, 0.25) is 0 Å². The first-order valence-corrected chi connectivity index (χ1v) is 14.4. The third-order valence-corrected chi connectivity index (χ3v) is 11.2. The summed E-state index contributed by atoms with van der Waals surface area (Å²) in [6.45, 7) is 9.96. The Morgan fingerprint density at radius 1 is 0.556 bits per heavy atom. The van der Waals surface area contributed by atoms with E-state index in [-0.39, 0.29) is 11.0 Å². The lowest BCUT2D eigenvalue weighted by Crippen LogP contribution is -2.54. The van der Waals surface area contributed by atoms with Crippen molar-refractivity contribution in [3.8, 4) is 0 Å². The van der Waals surface area contributed by atoms with Crippen molar-refractivity contribution in [2.24, 2.45) is 5.41 Å². The Morgan fingerprint density at radius 2 is 1.14 bits per heavy atom. The number of hydrogen-bond donors (Lipinski definition) is 0. The van der Waals surface area contributed by atoms with E-state index in [2.05, 4.69) is 111 Å². The van der Waals surface area contributed by atoms with Crippen molar-refractivity contribution in [1.82, 2.24) is 0 Å². The second-order valence-electron chi connectivity index (χ2n) is 12.9. The van der Waals surface area contributed by atoms with Crippen LogP contribution in [-0.2, 0) is 17.3 Å². The molecular formula is C35H43N. The van der Waals surface area contributed by atoms with E-state index in [1.54, 1.807) is 11.1 Å². The summed E-state index contributed by atoms with van der Waals surface area (Å²) in [5.41, 5.74) is 8.99. The van der Waals surface area contributed by atoms with Crippen LogP contribution in [-0.4, -0.2) is 5.54 Å². The Bertz CT molecular complexity index is 1250. The van der Waals surface area contributed by atoms with Gasteiger partial charge in [-0.3, -0.25) is 0 Å². The number of rotatable bonds is 1. The molecule has 188 valence electrons. The number of benzene rings is 3. The molecule has 3 aliphatic carbocycles. The molecule has 0 aromatic heterocycles. The number of hydrogen-bond acceptors (Lipinski definition) is 1. The molecule has 3 aromatic rings. The summed E-state index contributed by atoms with van der Waals surface area (Å²) in [4.78, 5) is 2.61. The molecule has 7 rings (SSSR count). The van der Waals surface area contributed by atoms with Crippen LogP contribution in [0, 0.1) is 5.41 Å². The van der Waals surface area contributed by atoms with E-state index in [1.807, 2.05) is 0 Å². The van der Waals surface area contributed by atoms with Crippen molar-refractivity contribution in [3.05, 3.63) is 95.6 Å². The molecule has 4 aliphatic rings. The van der Waals surface area contributed by atoms with E-state index in [1.165, 1.54) is 74.7 Å². The smallest absolute Gasteiger partial charge is 0.0517 e. The van der Waals surface area contributed by atoms with E-state index in [4.69, 9.17) is 0 Å². The normalized spacial score (nSPS) is 34.1. The molecule has 4 unspecified atom stereocenters. The fourth-order valence-corrected chi connectivity index (χ4v) is 8.63. The van der Waals surface area contributed by atoms with Gasteiger partial charge < -0.3 is 4.90 Å². The third-order valence-electron chi connectivity index (χ3n) is 11.2. The minimum atomic E-state index is 0.191. The zero-order valence-corrected chi connectivity index (χ0v) is 22.8. The van der Waals surface area contributed by atoms with Crippen LogP contribution in [0.2, 0.25) is 0 Å². The molecule has 0 saturated heterocycles. The van der Waals surface area contributed by atoms with Gasteiger partial charge in [-0.05, 0) is 84.7 Å².